The molecule has 5 fully saturated rings. The molecule has 4 saturated heterocycles. The Bertz CT molecular complexity index is 2280. The summed E-state index contributed by atoms with van der Waals surface area (Å²) in [6.07, 6.45) is 5.48. The van der Waals surface area contributed by atoms with Gasteiger partial charge in [0.15, 0.2) is 11.6 Å². The largest absolute Gasteiger partial charge is 0.486 e. The summed E-state index contributed by atoms with van der Waals surface area (Å²) in [4.78, 5) is 29.7. The van der Waals surface area contributed by atoms with Crippen LogP contribution < -0.4 is 25.4 Å². The number of nitrogens with zero attached hydrogens (tertiary/aromatic N) is 6. The van der Waals surface area contributed by atoms with E-state index in [2.05, 4.69) is 23.2 Å². The van der Waals surface area contributed by atoms with Crippen molar-refractivity contribution in [1.29, 1.82) is 5.26 Å². The van der Waals surface area contributed by atoms with Crippen LogP contribution in [0.15, 0.2) is 12.1 Å². The summed E-state index contributed by atoms with van der Waals surface area (Å²) in [5.41, 5.74) is 6.15. The van der Waals surface area contributed by atoms with Crippen LogP contribution >= 0.6 is 22.9 Å². The molecule has 1 saturated carbocycles. The maximum Gasteiger partial charge on any atom is 0.319 e. The molecule has 5 aliphatic heterocycles. The average Bonchev–Trinajstić information content (AvgIpc) is 4.05. The number of hydrogen-bond donors (Lipinski definition) is 2. The smallest absolute Gasteiger partial charge is 0.319 e. The highest BCUT2D eigenvalue weighted by molar-refractivity contribution is 7.23. The molecule has 3 unspecified atom stereocenters. The molecule has 0 radical (unpaired) electrons. The lowest BCUT2D eigenvalue weighted by atomic mass is 9.92. The Kier molecular flexibility index (Phi) is 7.58. The van der Waals surface area contributed by atoms with Crippen LogP contribution in [0.2, 0.25) is 5.02 Å². The number of amides is 1. The van der Waals surface area contributed by atoms with Gasteiger partial charge < -0.3 is 25.0 Å². The summed E-state index contributed by atoms with van der Waals surface area (Å²) < 4.78 is 46.0. The van der Waals surface area contributed by atoms with Crippen LogP contribution in [0.25, 0.3) is 32.1 Å². The van der Waals surface area contributed by atoms with E-state index in [9.17, 15) is 10.1 Å². The first-order chi connectivity index (χ1) is 25.6. The number of carbonyl (C=O) groups excluding carboxylic acids is 1. The highest BCUT2D eigenvalue weighted by atomic mass is 35.5. The van der Waals surface area contributed by atoms with Crippen LogP contribution in [0.3, 0.4) is 0 Å². The molecule has 3 N–H and O–H groups in total. The van der Waals surface area contributed by atoms with Crippen molar-refractivity contribution in [3.8, 4) is 29.0 Å². The Hall–Kier alpha value is -4.03. The van der Waals surface area contributed by atoms with Gasteiger partial charge in [-0.3, -0.25) is 15.0 Å². The molecule has 0 spiro atoms. The summed E-state index contributed by atoms with van der Waals surface area (Å²) in [7, 11) is 1.88. The normalized spacial score (nSPS) is 29.2. The van der Waals surface area contributed by atoms with E-state index < -0.39 is 17.7 Å². The fraction of sp³-hybridized carbons (Fsp3) is 0.526. The Morgan fingerprint density at radius 3 is 2.85 bits per heavy atom. The number of anilines is 2. The molecule has 53 heavy (non-hydrogen) atoms. The fourth-order valence-electron chi connectivity index (χ4n) is 9.80. The van der Waals surface area contributed by atoms with Crippen molar-refractivity contribution in [2.75, 3.05) is 50.5 Å². The molecule has 1 amide bonds. The lowest BCUT2D eigenvalue weighted by Crippen LogP contribution is -2.58. The third-order valence-electron chi connectivity index (χ3n) is 12.6. The predicted octanol–water partition coefficient (Wildman–Crippen LogP) is 5.70. The third kappa shape index (κ3) is 5.10. The number of likely N-dealkylation sites (tertiary alicyclic amines) is 1. The van der Waals surface area contributed by atoms with Gasteiger partial charge in [0.1, 0.15) is 47.0 Å². The zero-order valence-electron chi connectivity index (χ0n) is 29.4. The van der Waals surface area contributed by atoms with E-state index in [4.69, 9.17) is 36.8 Å². The maximum atomic E-state index is 17.4. The number of nitrogens with two attached hydrogens (primary N) is 1. The van der Waals surface area contributed by atoms with E-state index in [1.807, 2.05) is 16.8 Å². The molecule has 10 rings (SSSR count). The quantitative estimate of drug-likeness (QED) is 0.235. The molecule has 2 aromatic carbocycles. The number of benzene rings is 2. The van der Waals surface area contributed by atoms with Crippen LogP contribution in [-0.2, 0) is 4.79 Å². The zero-order valence-corrected chi connectivity index (χ0v) is 31.0. The number of ether oxygens (including phenoxy) is 2. The summed E-state index contributed by atoms with van der Waals surface area (Å²) in [6, 6.07) is 4.49. The van der Waals surface area contributed by atoms with E-state index in [-0.39, 0.29) is 89.0 Å². The molecule has 1 aliphatic carbocycles. The molecule has 15 heteroatoms. The minimum atomic E-state index is -0.774. The van der Waals surface area contributed by atoms with Gasteiger partial charge in [-0.1, -0.05) is 24.6 Å². The summed E-state index contributed by atoms with van der Waals surface area (Å²) >= 11 is 8.14. The van der Waals surface area contributed by atoms with E-state index in [1.54, 1.807) is 0 Å². The molecule has 4 aromatic rings. The van der Waals surface area contributed by atoms with Gasteiger partial charge in [-0.05, 0) is 62.1 Å². The van der Waals surface area contributed by atoms with E-state index in [0.29, 0.717) is 43.8 Å². The van der Waals surface area contributed by atoms with Crippen molar-refractivity contribution < 1.29 is 23.0 Å². The van der Waals surface area contributed by atoms with Crippen molar-refractivity contribution in [3.63, 3.8) is 0 Å². The highest BCUT2D eigenvalue weighted by Crippen LogP contribution is 2.52. The van der Waals surface area contributed by atoms with E-state index in [0.717, 1.165) is 56.5 Å². The van der Waals surface area contributed by atoms with Gasteiger partial charge in [-0.15, -0.1) is 11.3 Å². The number of hydrogen-bond acceptors (Lipinski definition) is 11. The number of rotatable bonds is 6. The minimum absolute atomic E-state index is 0.0247. The van der Waals surface area contributed by atoms with Crippen molar-refractivity contribution in [1.82, 2.24) is 25.1 Å². The van der Waals surface area contributed by atoms with Gasteiger partial charge in [-0.25, -0.2) is 8.78 Å². The lowest BCUT2D eigenvalue weighted by molar-refractivity contribution is -0.133. The van der Waals surface area contributed by atoms with Gasteiger partial charge in [-0.2, -0.15) is 15.2 Å². The lowest BCUT2D eigenvalue weighted by Gasteiger charge is -2.41. The molecule has 276 valence electrons. The summed E-state index contributed by atoms with van der Waals surface area (Å²) in [5, 5.41) is 14.0. The second kappa shape index (κ2) is 12.0. The maximum absolute atomic E-state index is 17.4. The van der Waals surface area contributed by atoms with E-state index >= 15 is 8.78 Å². The molecule has 6 aliphatic rings. The Morgan fingerprint density at radius 1 is 1.23 bits per heavy atom. The predicted molar refractivity (Wildman–Crippen MR) is 198 cm³/mol. The molecule has 0 bridgehead atoms. The van der Waals surface area contributed by atoms with Crippen molar-refractivity contribution >= 4 is 60.7 Å². The highest BCUT2D eigenvalue weighted by Gasteiger charge is 2.53. The zero-order chi connectivity index (χ0) is 36.5. The van der Waals surface area contributed by atoms with Crippen LogP contribution in [-0.4, -0.2) is 95.3 Å². The number of carbonyl (C=O) groups is 1. The van der Waals surface area contributed by atoms with Crippen LogP contribution in [0, 0.1) is 34.8 Å². The number of piperidine rings is 1. The Morgan fingerprint density at radius 2 is 2.06 bits per heavy atom. The molecule has 2 aromatic heterocycles. The number of halogens is 3. The fourth-order valence-corrected chi connectivity index (χ4v) is 11.1. The Labute approximate surface area is 314 Å². The van der Waals surface area contributed by atoms with Crippen molar-refractivity contribution in [2.24, 2.45) is 11.8 Å². The summed E-state index contributed by atoms with van der Waals surface area (Å²) in [5.74, 6) is 0.436. The summed E-state index contributed by atoms with van der Waals surface area (Å²) in [6.45, 7) is 5.50. The Balaban J connectivity index is 1.11. The van der Waals surface area contributed by atoms with Crippen LogP contribution in [0.1, 0.15) is 51.0 Å². The van der Waals surface area contributed by atoms with Gasteiger partial charge in [0.2, 0.25) is 5.91 Å². The first-order valence-electron chi connectivity index (χ1n) is 18.5. The average molecular weight is 761 g/mol. The number of thiophene rings is 1. The topological polar surface area (TPSA) is 143 Å². The van der Waals surface area contributed by atoms with Crippen LogP contribution in [0.5, 0.6) is 11.8 Å². The van der Waals surface area contributed by atoms with Crippen molar-refractivity contribution in [3.05, 3.63) is 34.4 Å². The number of nitrogen functional groups attached to an aromatic ring is 1. The van der Waals surface area contributed by atoms with Gasteiger partial charge in [0, 0.05) is 50.1 Å². The molecule has 6 atom stereocenters. The van der Waals surface area contributed by atoms with Gasteiger partial charge >= 0.3 is 6.01 Å². The molecule has 7 heterocycles. The second-order valence-electron chi connectivity index (χ2n) is 15.9. The molecule has 11 nitrogen and oxygen atoms in total. The minimum Gasteiger partial charge on any atom is -0.486 e. The number of likely N-dealkylation sites (N-methyl/N-ethyl adjacent to an activating group) is 1. The van der Waals surface area contributed by atoms with Gasteiger partial charge in [0.05, 0.1) is 32.3 Å². The second-order valence-corrected chi connectivity index (χ2v) is 17.4. The first kappa shape index (κ1) is 33.5. The standard InChI is InChI=1S/C38H39ClF2N8O3S/c1-17-12-38(9-3-10-49(38)14-17)16-51-37-45-30-26-32(27(39)25(28(30)41)19-6-7-21(40)33-24(19)20(13-42)34(43)53-33)52-23-8-11-48(15-22(23)47(2)35(26)46-37)36(50)31-29(44-31)18-4-5-18/h6-7,17-18,22-23,29,31,44H,3-5,8-12,14-16,43H2,1-2H3/t17-,22?,23?,29+,31?,38+/m1/s1. The number of nitrogens with one attached hydrogen (secondary N) is 1. The third-order valence-corrected chi connectivity index (χ3v) is 14.0. The molecular formula is C38H39ClF2N8O3S. The number of nitriles is 1. The van der Waals surface area contributed by atoms with Gasteiger partial charge in [0.25, 0.3) is 0 Å². The SMILES string of the molecule is C[C@H]1CN2CCC[C@@]2(COc2nc3c4c(c(Cl)c(-c5ccc(F)c6sc(N)c(C#N)c56)c(F)c4n2)OC2CCN(C(=O)C4N[C@H]4C4CC4)CC2N3C)C1. The monoisotopic (exact) mass is 760 g/mol. The van der Waals surface area contributed by atoms with E-state index in [1.165, 1.54) is 12.1 Å². The van der Waals surface area contributed by atoms with Crippen molar-refractivity contribution in [2.45, 2.75) is 75.2 Å². The number of aromatic nitrogens is 2. The first-order valence-corrected chi connectivity index (χ1v) is 19.7. The molecular weight excluding hydrogens is 722 g/mol. The van der Waals surface area contributed by atoms with Crippen LogP contribution in [0.4, 0.5) is 19.6 Å². The number of fused-ring (bicyclic) bond motifs is 3.